The van der Waals surface area contributed by atoms with Crippen LogP contribution in [0.15, 0.2) is 38.6 Å². The van der Waals surface area contributed by atoms with Crippen LogP contribution in [-0.4, -0.2) is 6.54 Å². The highest BCUT2D eigenvalue weighted by Crippen LogP contribution is 2.31. The largest absolute Gasteiger partial charge is 0.310 e. The molecule has 1 aromatic carbocycles. The van der Waals surface area contributed by atoms with Crippen LogP contribution in [0.5, 0.6) is 0 Å². The molecule has 1 heterocycles. The summed E-state index contributed by atoms with van der Waals surface area (Å²) in [7, 11) is 0. The highest BCUT2D eigenvalue weighted by molar-refractivity contribution is 9.10. The van der Waals surface area contributed by atoms with E-state index in [9.17, 15) is 4.39 Å². The predicted molar refractivity (Wildman–Crippen MR) is 86.2 cm³/mol. The molecule has 0 aliphatic carbocycles. The van der Waals surface area contributed by atoms with Gasteiger partial charge >= 0.3 is 0 Å². The number of nitrogens with one attached hydrogen (secondary N) is 1. The highest BCUT2D eigenvalue weighted by Gasteiger charge is 2.19. The third-order valence-electron chi connectivity index (χ3n) is 2.83. The van der Waals surface area contributed by atoms with Crippen molar-refractivity contribution in [3.8, 4) is 0 Å². The zero-order valence-electron chi connectivity index (χ0n) is 10.4. The molecule has 19 heavy (non-hydrogen) atoms. The molecule has 0 fully saturated rings. The molecule has 0 aliphatic heterocycles. The summed E-state index contributed by atoms with van der Waals surface area (Å²) >= 11 is 8.59. The third-order valence-corrected chi connectivity index (χ3v) is 5.24. The van der Waals surface area contributed by atoms with Gasteiger partial charge in [0, 0.05) is 37.2 Å². The van der Waals surface area contributed by atoms with Crippen LogP contribution in [0.3, 0.4) is 0 Å². The highest BCUT2D eigenvalue weighted by atomic mass is 79.9. The van der Waals surface area contributed by atoms with Crippen molar-refractivity contribution in [2.75, 3.05) is 6.54 Å². The van der Waals surface area contributed by atoms with Crippen LogP contribution in [0.2, 0.25) is 0 Å². The fourth-order valence-electron chi connectivity index (χ4n) is 2.03. The quantitative estimate of drug-likeness (QED) is 0.709. The zero-order chi connectivity index (χ0) is 13.8. The SMILES string of the molecule is CCNC(Cc1cc(Br)cs1)c1c(F)cccc1Br. The fraction of sp³-hybridized carbons (Fsp3) is 0.286. The van der Waals surface area contributed by atoms with Crippen LogP contribution >= 0.6 is 43.2 Å². The molecule has 2 rings (SSSR count). The average molecular weight is 407 g/mol. The Balaban J connectivity index is 2.29. The second-order valence-electron chi connectivity index (χ2n) is 4.18. The summed E-state index contributed by atoms with van der Waals surface area (Å²) in [5, 5.41) is 5.41. The van der Waals surface area contributed by atoms with E-state index >= 15 is 0 Å². The van der Waals surface area contributed by atoms with Crippen LogP contribution in [0.4, 0.5) is 4.39 Å². The number of likely N-dealkylation sites (N-methyl/N-ethyl adjacent to an activating group) is 1. The van der Waals surface area contributed by atoms with Gasteiger partial charge in [-0.1, -0.05) is 28.9 Å². The lowest BCUT2D eigenvalue weighted by molar-refractivity contribution is 0.510. The van der Waals surface area contributed by atoms with Gasteiger partial charge < -0.3 is 5.32 Å². The van der Waals surface area contributed by atoms with E-state index in [0.29, 0.717) is 5.56 Å². The van der Waals surface area contributed by atoms with Crippen molar-refractivity contribution in [1.29, 1.82) is 0 Å². The van der Waals surface area contributed by atoms with Gasteiger partial charge in [-0.3, -0.25) is 0 Å². The Morgan fingerprint density at radius 3 is 2.74 bits per heavy atom. The first-order chi connectivity index (χ1) is 9.11. The maximum absolute atomic E-state index is 14.1. The summed E-state index contributed by atoms with van der Waals surface area (Å²) in [4.78, 5) is 1.23. The zero-order valence-corrected chi connectivity index (χ0v) is 14.4. The summed E-state index contributed by atoms with van der Waals surface area (Å²) in [6.07, 6.45) is 0.781. The monoisotopic (exact) mass is 405 g/mol. The lowest BCUT2D eigenvalue weighted by Crippen LogP contribution is -2.24. The Bertz CT molecular complexity index is 536. The third kappa shape index (κ3) is 3.88. The van der Waals surface area contributed by atoms with E-state index in [1.165, 1.54) is 10.9 Å². The van der Waals surface area contributed by atoms with Gasteiger partial charge in [-0.25, -0.2) is 4.39 Å². The number of hydrogen-bond donors (Lipinski definition) is 1. The van der Waals surface area contributed by atoms with E-state index in [1.807, 2.05) is 13.0 Å². The Hall–Kier alpha value is -0.230. The number of halogens is 3. The van der Waals surface area contributed by atoms with E-state index in [-0.39, 0.29) is 11.9 Å². The minimum absolute atomic E-state index is 0.0221. The van der Waals surface area contributed by atoms with Crippen molar-refractivity contribution < 1.29 is 4.39 Å². The standard InChI is InChI=1S/C14H14Br2FNS/c1-2-18-13(7-10-6-9(15)8-19-10)14-11(16)4-3-5-12(14)17/h3-6,8,13,18H,2,7H2,1H3. The Labute approximate surface area is 133 Å². The molecule has 1 aromatic heterocycles. The van der Waals surface area contributed by atoms with Crippen LogP contribution < -0.4 is 5.32 Å². The molecule has 1 N–H and O–H groups in total. The van der Waals surface area contributed by atoms with Gasteiger partial charge in [0.2, 0.25) is 0 Å². The fourth-order valence-corrected chi connectivity index (χ4v) is 4.14. The van der Waals surface area contributed by atoms with E-state index in [2.05, 4.69) is 48.6 Å². The minimum Gasteiger partial charge on any atom is -0.310 e. The smallest absolute Gasteiger partial charge is 0.129 e. The molecule has 1 nitrogen and oxygen atoms in total. The second-order valence-corrected chi connectivity index (χ2v) is 6.95. The van der Waals surface area contributed by atoms with E-state index < -0.39 is 0 Å². The summed E-state index contributed by atoms with van der Waals surface area (Å²) in [5.74, 6) is -0.170. The molecule has 0 radical (unpaired) electrons. The maximum atomic E-state index is 14.1. The van der Waals surface area contributed by atoms with Crippen LogP contribution in [0.25, 0.3) is 0 Å². The van der Waals surface area contributed by atoms with Crippen LogP contribution in [0.1, 0.15) is 23.4 Å². The summed E-state index contributed by atoms with van der Waals surface area (Å²) in [6, 6.07) is 7.17. The number of hydrogen-bond acceptors (Lipinski definition) is 2. The molecule has 0 bridgehead atoms. The molecule has 0 saturated carbocycles. The molecule has 0 spiro atoms. The van der Waals surface area contributed by atoms with Gasteiger partial charge in [-0.15, -0.1) is 11.3 Å². The van der Waals surface area contributed by atoms with Crippen molar-refractivity contribution in [3.05, 3.63) is 54.8 Å². The van der Waals surface area contributed by atoms with Gasteiger partial charge in [0.05, 0.1) is 0 Å². The molecule has 0 aliphatic rings. The normalized spacial score (nSPS) is 12.6. The molecular formula is C14H14Br2FNS. The van der Waals surface area contributed by atoms with Crippen molar-refractivity contribution >= 4 is 43.2 Å². The minimum atomic E-state index is -0.170. The first-order valence-electron chi connectivity index (χ1n) is 6.02. The van der Waals surface area contributed by atoms with Gasteiger partial charge in [0.1, 0.15) is 5.82 Å². The Kier molecular flexibility index (Phi) is 5.57. The molecular weight excluding hydrogens is 393 g/mol. The molecule has 1 unspecified atom stereocenters. The topological polar surface area (TPSA) is 12.0 Å². The number of benzene rings is 1. The van der Waals surface area contributed by atoms with Crippen molar-refractivity contribution in [1.82, 2.24) is 5.32 Å². The van der Waals surface area contributed by atoms with Crippen LogP contribution in [-0.2, 0) is 6.42 Å². The molecule has 2 aromatic rings. The van der Waals surface area contributed by atoms with Crippen molar-refractivity contribution in [2.24, 2.45) is 0 Å². The van der Waals surface area contributed by atoms with Gasteiger partial charge in [-0.05, 0) is 40.7 Å². The van der Waals surface area contributed by atoms with Gasteiger partial charge in [0.15, 0.2) is 0 Å². The molecule has 0 amide bonds. The van der Waals surface area contributed by atoms with Crippen molar-refractivity contribution in [2.45, 2.75) is 19.4 Å². The summed E-state index contributed by atoms with van der Waals surface area (Å²) in [5.41, 5.74) is 0.703. The first kappa shape index (κ1) is 15.2. The number of thiophene rings is 1. The van der Waals surface area contributed by atoms with Crippen LogP contribution in [0, 0.1) is 5.82 Å². The lowest BCUT2D eigenvalue weighted by atomic mass is 10.0. The Morgan fingerprint density at radius 2 is 2.16 bits per heavy atom. The van der Waals surface area contributed by atoms with E-state index in [4.69, 9.17) is 0 Å². The summed E-state index contributed by atoms with van der Waals surface area (Å²) < 4.78 is 15.9. The molecule has 0 saturated heterocycles. The first-order valence-corrected chi connectivity index (χ1v) is 8.48. The van der Waals surface area contributed by atoms with Gasteiger partial charge in [0.25, 0.3) is 0 Å². The molecule has 5 heteroatoms. The average Bonchev–Trinajstić information content (AvgIpc) is 2.75. The van der Waals surface area contributed by atoms with Crippen molar-refractivity contribution in [3.63, 3.8) is 0 Å². The molecule has 102 valence electrons. The van der Waals surface area contributed by atoms with E-state index in [0.717, 1.165) is 21.9 Å². The maximum Gasteiger partial charge on any atom is 0.129 e. The Morgan fingerprint density at radius 1 is 1.37 bits per heavy atom. The summed E-state index contributed by atoms with van der Waals surface area (Å²) in [6.45, 7) is 2.84. The predicted octanol–water partition coefficient (Wildman–Crippen LogP) is 5.31. The molecule has 1 atom stereocenters. The second kappa shape index (κ2) is 6.97. The lowest BCUT2D eigenvalue weighted by Gasteiger charge is -2.19. The van der Waals surface area contributed by atoms with Gasteiger partial charge in [-0.2, -0.15) is 0 Å². The number of rotatable bonds is 5. The van der Waals surface area contributed by atoms with E-state index in [1.54, 1.807) is 17.4 Å².